The van der Waals surface area contributed by atoms with E-state index in [1.165, 1.54) is 27.0 Å². The van der Waals surface area contributed by atoms with E-state index in [9.17, 15) is 15.0 Å². The molecule has 0 aliphatic carbocycles. The van der Waals surface area contributed by atoms with Crippen LogP contribution in [-0.4, -0.2) is 23.4 Å². The minimum atomic E-state index is -1.62. The van der Waals surface area contributed by atoms with E-state index < -0.39 is 17.3 Å². The molecular weight excluding hydrogens is 200 g/mol. The molecule has 15 heavy (non-hydrogen) atoms. The predicted octanol–water partition coefficient (Wildman–Crippen LogP) is 0.237. The van der Waals surface area contributed by atoms with Crippen LogP contribution in [0.1, 0.15) is 19.6 Å². The summed E-state index contributed by atoms with van der Waals surface area (Å²) in [5.41, 5.74) is -2.25. The Morgan fingerprint density at radius 1 is 1.53 bits per heavy atom. The van der Waals surface area contributed by atoms with Gasteiger partial charge in [-0.2, -0.15) is 0 Å². The zero-order chi connectivity index (χ0) is 11.6. The number of methoxy groups -OCH3 is 1. The summed E-state index contributed by atoms with van der Waals surface area (Å²) < 4.78 is 9.66. The van der Waals surface area contributed by atoms with E-state index in [1.54, 1.807) is 0 Å². The van der Waals surface area contributed by atoms with Gasteiger partial charge in [0.25, 0.3) is 0 Å². The van der Waals surface area contributed by atoms with Crippen LogP contribution in [0.4, 0.5) is 0 Å². The molecule has 0 saturated heterocycles. The molecule has 1 rings (SSSR count). The number of hydrogen-bond acceptors (Lipinski definition) is 5. The van der Waals surface area contributed by atoms with Crippen molar-refractivity contribution in [2.75, 3.05) is 7.11 Å². The summed E-state index contributed by atoms with van der Waals surface area (Å²) in [6.45, 7) is 2.76. The maximum absolute atomic E-state index is 11.1. The van der Waals surface area contributed by atoms with Crippen molar-refractivity contribution in [2.45, 2.75) is 25.6 Å². The monoisotopic (exact) mass is 214 g/mol. The van der Waals surface area contributed by atoms with Gasteiger partial charge in [0.1, 0.15) is 17.1 Å². The molecule has 1 aromatic heterocycles. The number of rotatable bonds is 3. The Balaban J connectivity index is 3.25. The van der Waals surface area contributed by atoms with Crippen molar-refractivity contribution in [2.24, 2.45) is 0 Å². The maximum atomic E-state index is 11.1. The van der Waals surface area contributed by atoms with E-state index in [2.05, 4.69) is 0 Å². The molecule has 0 bridgehead atoms. The van der Waals surface area contributed by atoms with Crippen LogP contribution in [0.15, 0.2) is 21.3 Å². The molecule has 1 aromatic rings. The molecule has 5 heteroatoms. The fourth-order valence-electron chi connectivity index (χ4n) is 1.03. The quantitative estimate of drug-likeness (QED) is 0.753. The summed E-state index contributed by atoms with van der Waals surface area (Å²) in [5, 5.41) is 19.2. The average molecular weight is 214 g/mol. The van der Waals surface area contributed by atoms with Crippen LogP contribution in [-0.2, 0) is 5.60 Å². The lowest BCUT2D eigenvalue weighted by molar-refractivity contribution is -0.0727. The molecule has 2 atom stereocenters. The first-order chi connectivity index (χ1) is 6.87. The molecule has 0 saturated carbocycles. The Hall–Kier alpha value is -1.33. The molecule has 0 aliphatic rings. The Bertz CT molecular complexity index is 391. The smallest absolute Gasteiger partial charge is 0.339 e. The van der Waals surface area contributed by atoms with E-state index in [4.69, 9.17) is 9.15 Å². The Kier molecular flexibility index (Phi) is 3.16. The van der Waals surface area contributed by atoms with Crippen molar-refractivity contribution in [3.63, 3.8) is 0 Å². The van der Waals surface area contributed by atoms with Gasteiger partial charge in [-0.15, -0.1) is 0 Å². The minimum Gasteiger partial charge on any atom is -0.496 e. The normalized spacial score (nSPS) is 16.9. The lowest BCUT2D eigenvalue weighted by Crippen LogP contribution is -2.34. The van der Waals surface area contributed by atoms with Crippen molar-refractivity contribution in [3.05, 3.63) is 28.3 Å². The molecule has 0 spiro atoms. The van der Waals surface area contributed by atoms with Gasteiger partial charge >= 0.3 is 5.63 Å². The third-order valence-corrected chi connectivity index (χ3v) is 2.29. The van der Waals surface area contributed by atoms with Gasteiger partial charge in [-0.05, 0) is 13.8 Å². The van der Waals surface area contributed by atoms with Gasteiger partial charge in [0.2, 0.25) is 0 Å². The van der Waals surface area contributed by atoms with Crippen LogP contribution in [0.5, 0.6) is 5.75 Å². The molecule has 0 aliphatic heterocycles. The summed E-state index contributed by atoms with van der Waals surface area (Å²) in [6, 6.07) is 2.52. The van der Waals surface area contributed by atoms with E-state index in [0.717, 1.165) is 6.07 Å². The first-order valence-corrected chi connectivity index (χ1v) is 4.48. The van der Waals surface area contributed by atoms with Crippen molar-refractivity contribution < 1.29 is 19.4 Å². The van der Waals surface area contributed by atoms with Gasteiger partial charge in [0.15, 0.2) is 0 Å². The molecule has 0 amide bonds. The van der Waals surface area contributed by atoms with Crippen LogP contribution in [0, 0.1) is 0 Å². The molecule has 5 nitrogen and oxygen atoms in total. The van der Waals surface area contributed by atoms with Crippen LogP contribution in [0.25, 0.3) is 0 Å². The molecule has 1 heterocycles. The Morgan fingerprint density at radius 3 is 2.60 bits per heavy atom. The van der Waals surface area contributed by atoms with Crippen LogP contribution in [0.2, 0.25) is 0 Å². The van der Waals surface area contributed by atoms with Crippen molar-refractivity contribution in [3.8, 4) is 5.75 Å². The molecule has 0 radical (unpaired) electrons. The summed E-state index contributed by atoms with van der Waals surface area (Å²) in [4.78, 5) is 11.1. The third-order valence-electron chi connectivity index (χ3n) is 2.29. The summed E-state index contributed by atoms with van der Waals surface area (Å²) in [6.07, 6.45) is -1.06. The predicted molar refractivity (Wildman–Crippen MR) is 52.8 cm³/mol. The number of aliphatic hydroxyl groups excluding tert-OH is 1. The van der Waals surface area contributed by atoms with E-state index in [-0.39, 0.29) is 11.5 Å². The largest absolute Gasteiger partial charge is 0.496 e. The first-order valence-electron chi connectivity index (χ1n) is 4.48. The summed E-state index contributed by atoms with van der Waals surface area (Å²) >= 11 is 0. The molecule has 2 N–H and O–H groups in total. The van der Waals surface area contributed by atoms with Crippen LogP contribution >= 0.6 is 0 Å². The van der Waals surface area contributed by atoms with Crippen LogP contribution in [0.3, 0.4) is 0 Å². The molecular formula is C10H14O5. The van der Waals surface area contributed by atoms with Gasteiger partial charge in [-0.25, -0.2) is 4.79 Å². The fourth-order valence-corrected chi connectivity index (χ4v) is 1.03. The molecule has 0 fully saturated rings. The second-order valence-electron chi connectivity index (χ2n) is 3.50. The van der Waals surface area contributed by atoms with Gasteiger partial charge in [0.05, 0.1) is 19.3 Å². The number of hydrogen-bond donors (Lipinski definition) is 2. The molecule has 84 valence electrons. The Labute approximate surface area is 86.9 Å². The van der Waals surface area contributed by atoms with Gasteiger partial charge in [-0.1, -0.05) is 0 Å². The highest BCUT2D eigenvalue weighted by molar-refractivity contribution is 5.23. The number of aliphatic hydroxyl groups is 2. The second kappa shape index (κ2) is 4.04. The van der Waals surface area contributed by atoms with E-state index >= 15 is 0 Å². The lowest BCUT2D eigenvalue weighted by Gasteiger charge is -2.24. The van der Waals surface area contributed by atoms with Crippen molar-refractivity contribution in [1.82, 2.24) is 0 Å². The summed E-state index contributed by atoms with van der Waals surface area (Å²) in [7, 11) is 1.40. The second-order valence-corrected chi connectivity index (χ2v) is 3.50. The zero-order valence-corrected chi connectivity index (χ0v) is 8.85. The summed E-state index contributed by atoms with van der Waals surface area (Å²) in [5.74, 6) is 0.254. The van der Waals surface area contributed by atoms with Crippen molar-refractivity contribution >= 4 is 0 Å². The lowest BCUT2D eigenvalue weighted by atomic mass is 9.97. The standard InChI is InChI=1S/C10H14O5/c1-6(11)10(2,13)8-4-7(14-3)5-9(12)15-8/h4-6,11,13H,1-3H3. The molecule has 0 aromatic carbocycles. The van der Waals surface area contributed by atoms with E-state index in [0.29, 0.717) is 0 Å². The highest BCUT2D eigenvalue weighted by atomic mass is 16.5. The SMILES string of the molecule is COc1cc(C(C)(O)C(C)O)oc(=O)c1. The average Bonchev–Trinajstić information content (AvgIpc) is 2.16. The molecule has 2 unspecified atom stereocenters. The van der Waals surface area contributed by atoms with E-state index in [1.807, 2.05) is 0 Å². The minimum absolute atomic E-state index is 0.0261. The van der Waals surface area contributed by atoms with Gasteiger partial charge < -0.3 is 19.4 Å². The Morgan fingerprint density at radius 2 is 2.13 bits per heavy atom. The fraction of sp³-hybridized carbons (Fsp3) is 0.500. The maximum Gasteiger partial charge on any atom is 0.339 e. The third kappa shape index (κ3) is 2.37. The highest BCUT2D eigenvalue weighted by Gasteiger charge is 2.32. The van der Waals surface area contributed by atoms with Gasteiger partial charge in [-0.3, -0.25) is 0 Å². The topological polar surface area (TPSA) is 79.9 Å². The van der Waals surface area contributed by atoms with Crippen LogP contribution < -0.4 is 10.4 Å². The zero-order valence-electron chi connectivity index (χ0n) is 8.85. The highest BCUT2D eigenvalue weighted by Crippen LogP contribution is 2.25. The van der Waals surface area contributed by atoms with Crippen molar-refractivity contribution in [1.29, 1.82) is 0 Å². The number of ether oxygens (including phenoxy) is 1. The van der Waals surface area contributed by atoms with Gasteiger partial charge in [0, 0.05) is 6.07 Å². The first kappa shape index (κ1) is 11.7.